The quantitative estimate of drug-likeness (QED) is 0.800. The number of carbonyl (C=O) groups is 1. The fraction of sp³-hybridized carbons (Fsp3) is 0.600. The molecule has 0 bridgehead atoms. The highest BCUT2D eigenvalue weighted by Gasteiger charge is 2.31. The molecule has 15 heavy (non-hydrogen) atoms. The summed E-state index contributed by atoms with van der Waals surface area (Å²) in [7, 11) is 0. The Balaban J connectivity index is 1.75. The van der Waals surface area contributed by atoms with E-state index in [2.05, 4.69) is 17.2 Å². The smallest absolute Gasteiger partial charge is 0.365 e. The van der Waals surface area contributed by atoms with Gasteiger partial charge in [-0.05, 0) is 24.8 Å². The van der Waals surface area contributed by atoms with E-state index in [1.54, 1.807) is 5.38 Å². The van der Waals surface area contributed by atoms with Gasteiger partial charge in [-0.2, -0.15) is 0 Å². The van der Waals surface area contributed by atoms with Crippen LogP contribution in [0.3, 0.4) is 0 Å². The van der Waals surface area contributed by atoms with Gasteiger partial charge in [0.05, 0.1) is 5.69 Å². The zero-order valence-corrected chi connectivity index (χ0v) is 9.38. The topological polar surface area (TPSA) is 62.2 Å². The monoisotopic (exact) mass is 226 g/mol. The van der Waals surface area contributed by atoms with E-state index < -0.39 is 5.97 Å². The summed E-state index contributed by atoms with van der Waals surface area (Å²) in [4.78, 5) is 14.6. The number of thiazole rings is 1. The number of hydrogen-bond acceptors (Lipinski definition) is 4. The first-order valence-corrected chi connectivity index (χ1v) is 5.93. The highest BCUT2D eigenvalue weighted by Crippen LogP contribution is 2.36. The molecule has 0 amide bonds. The molecule has 5 heteroatoms. The van der Waals surface area contributed by atoms with E-state index in [0.29, 0.717) is 6.54 Å². The highest BCUT2D eigenvalue weighted by atomic mass is 32.1. The van der Waals surface area contributed by atoms with Crippen molar-refractivity contribution < 1.29 is 9.90 Å². The minimum Gasteiger partial charge on any atom is -0.476 e. The van der Waals surface area contributed by atoms with Crippen LogP contribution in [0.15, 0.2) is 5.38 Å². The number of nitrogens with zero attached hydrogens (tertiary/aromatic N) is 1. The van der Waals surface area contributed by atoms with Gasteiger partial charge in [-0.25, -0.2) is 9.78 Å². The largest absolute Gasteiger partial charge is 0.476 e. The number of nitrogens with one attached hydrogen (secondary N) is 1. The number of aromatic nitrogens is 1. The molecular formula is C10H14N2O2S. The maximum Gasteiger partial charge on any atom is 0.365 e. The second kappa shape index (κ2) is 4.28. The fourth-order valence-electron chi connectivity index (χ4n) is 1.56. The molecule has 0 saturated heterocycles. The standard InChI is InChI=1S/C10H14N2O2S/c1-6-2-7(6)3-11-4-8-5-15-9(12-8)10(13)14/h5-7,11H,2-4H2,1H3,(H,13,14). The normalized spacial score (nSPS) is 24.1. The van der Waals surface area contributed by atoms with Gasteiger partial charge in [0.15, 0.2) is 0 Å². The first kappa shape index (κ1) is 10.6. The van der Waals surface area contributed by atoms with Crippen molar-refractivity contribution >= 4 is 17.3 Å². The Morgan fingerprint density at radius 3 is 3.07 bits per heavy atom. The molecule has 1 aromatic rings. The number of aromatic carboxylic acids is 1. The first-order chi connectivity index (χ1) is 7.16. The van der Waals surface area contributed by atoms with E-state index >= 15 is 0 Å². The van der Waals surface area contributed by atoms with Crippen molar-refractivity contribution in [1.82, 2.24) is 10.3 Å². The minimum absolute atomic E-state index is 0.173. The number of carboxylic acid groups (broad SMARTS) is 1. The van der Waals surface area contributed by atoms with Crippen molar-refractivity contribution in [3.05, 3.63) is 16.1 Å². The van der Waals surface area contributed by atoms with Crippen molar-refractivity contribution in [3.63, 3.8) is 0 Å². The Bertz CT molecular complexity index is 364. The average molecular weight is 226 g/mol. The van der Waals surface area contributed by atoms with Gasteiger partial charge in [0.25, 0.3) is 0 Å². The van der Waals surface area contributed by atoms with E-state index in [4.69, 9.17) is 5.11 Å². The second-order valence-corrected chi connectivity index (χ2v) is 4.91. The molecule has 0 spiro atoms. The van der Waals surface area contributed by atoms with Crippen LogP contribution < -0.4 is 5.32 Å². The molecule has 1 aliphatic rings. The third-order valence-corrected chi connectivity index (χ3v) is 3.60. The Hall–Kier alpha value is -0.940. The molecule has 0 radical (unpaired) electrons. The van der Waals surface area contributed by atoms with Crippen LogP contribution in [0, 0.1) is 11.8 Å². The van der Waals surface area contributed by atoms with E-state index in [0.717, 1.165) is 24.1 Å². The molecule has 2 atom stereocenters. The molecule has 2 unspecified atom stereocenters. The van der Waals surface area contributed by atoms with Gasteiger partial charge < -0.3 is 10.4 Å². The minimum atomic E-state index is -0.943. The van der Waals surface area contributed by atoms with Crippen LogP contribution in [-0.4, -0.2) is 22.6 Å². The number of rotatable bonds is 5. The van der Waals surface area contributed by atoms with Crippen LogP contribution in [0.2, 0.25) is 0 Å². The third kappa shape index (κ3) is 2.76. The summed E-state index contributed by atoms with van der Waals surface area (Å²) in [6.07, 6.45) is 1.31. The Labute approximate surface area is 92.3 Å². The summed E-state index contributed by atoms with van der Waals surface area (Å²) in [6, 6.07) is 0. The van der Waals surface area contributed by atoms with E-state index in [1.807, 2.05) is 0 Å². The molecule has 1 aromatic heterocycles. The van der Waals surface area contributed by atoms with E-state index in [1.165, 1.54) is 17.8 Å². The average Bonchev–Trinajstić information content (AvgIpc) is 2.71. The summed E-state index contributed by atoms with van der Waals surface area (Å²) < 4.78 is 0. The van der Waals surface area contributed by atoms with E-state index in [9.17, 15) is 4.79 Å². The SMILES string of the molecule is CC1CC1CNCc1csc(C(=O)O)n1. The molecule has 1 fully saturated rings. The van der Waals surface area contributed by atoms with Gasteiger partial charge in [-0.3, -0.25) is 0 Å². The molecule has 1 saturated carbocycles. The predicted molar refractivity (Wildman–Crippen MR) is 58.1 cm³/mol. The number of hydrogen-bond donors (Lipinski definition) is 2. The van der Waals surface area contributed by atoms with Crippen LogP contribution in [0.5, 0.6) is 0 Å². The lowest BCUT2D eigenvalue weighted by Crippen LogP contribution is -2.17. The van der Waals surface area contributed by atoms with Gasteiger partial charge in [0, 0.05) is 11.9 Å². The molecule has 1 heterocycles. The van der Waals surface area contributed by atoms with Crippen LogP contribution in [0.4, 0.5) is 0 Å². The van der Waals surface area contributed by atoms with Crippen LogP contribution in [0.25, 0.3) is 0 Å². The summed E-state index contributed by atoms with van der Waals surface area (Å²) in [5, 5.41) is 14.0. The van der Waals surface area contributed by atoms with Crippen LogP contribution in [-0.2, 0) is 6.54 Å². The van der Waals surface area contributed by atoms with Crippen molar-refractivity contribution in [2.45, 2.75) is 19.9 Å². The third-order valence-electron chi connectivity index (χ3n) is 2.72. The van der Waals surface area contributed by atoms with Crippen LogP contribution in [0.1, 0.15) is 28.8 Å². The molecule has 1 aliphatic carbocycles. The number of carboxylic acids is 1. The molecule has 0 aliphatic heterocycles. The summed E-state index contributed by atoms with van der Waals surface area (Å²) in [5.74, 6) is 0.715. The van der Waals surface area contributed by atoms with Crippen molar-refractivity contribution in [2.24, 2.45) is 11.8 Å². The highest BCUT2D eigenvalue weighted by molar-refractivity contribution is 7.11. The molecule has 2 rings (SSSR count). The van der Waals surface area contributed by atoms with Gasteiger partial charge in [-0.15, -0.1) is 11.3 Å². The maximum absolute atomic E-state index is 10.6. The molecule has 2 N–H and O–H groups in total. The van der Waals surface area contributed by atoms with Gasteiger partial charge in [0.2, 0.25) is 5.01 Å². The lowest BCUT2D eigenvalue weighted by atomic mass is 10.3. The van der Waals surface area contributed by atoms with Gasteiger partial charge >= 0.3 is 5.97 Å². The van der Waals surface area contributed by atoms with Crippen molar-refractivity contribution in [3.8, 4) is 0 Å². The van der Waals surface area contributed by atoms with Crippen molar-refractivity contribution in [1.29, 1.82) is 0 Å². The van der Waals surface area contributed by atoms with Crippen molar-refractivity contribution in [2.75, 3.05) is 6.54 Å². The predicted octanol–water partition coefficient (Wildman–Crippen LogP) is 1.59. The van der Waals surface area contributed by atoms with Gasteiger partial charge in [-0.1, -0.05) is 6.92 Å². The molecule has 0 aromatic carbocycles. The van der Waals surface area contributed by atoms with E-state index in [-0.39, 0.29) is 5.01 Å². The molecular weight excluding hydrogens is 212 g/mol. The molecule has 4 nitrogen and oxygen atoms in total. The maximum atomic E-state index is 10.6. The second-order valence-electron chi connectivity index (χ2n) is 4.05. The molecule has 82 valence electrons. The van der Waals surface area contributed by atoms with Crippen LogP contribution >= 0.6 is 11.3 Å². The summed E-state index contributed by atoms with van der Waals surface area (Å²) in [6.45, 7) is 3.94. The summed E-state index contributed by atoms with van der Waals surface area (Å²) in [5.41, 5.74) is 0.825. The zero-order chi connectivity index (χ0) is 10.8. The Morgan fingerprint density at radius 2 is 2.53 bits per heavy atom. The fourth-order valence-corrected chi connectivity index (χ4v) is 2.21. The Kier molecular flexibility index (Phi) is 3.02. The zero-order valence-electron chi connectivity index (χ0n) is 8.56. The first-order valence-electron chi connectivity index (χ1n) is 5.05. The Morgan fingerprint density at radius 1 is 1.80 bits per heavy atom. The lowest BCUT2D eigenvalue weighted by Gasteiger charge is -1.99. The summed E-state index contributed by atoms with van der Waals surface area (Å²) >= 11 is 1.18. The lowest BCUT2D eigenvalue weighted by molar-refractivity contribution is 0.0696. The van der Waals surface area contributed by atoms with Gasteiger partial charge in [0.1, 0.15) is 0 Å².